The normalized spacial score (nSPS) is 34.9. The van der Waals surface area contributed by atoms with E-state index in [1.54, 1.807) is 0 Å². The standard InChI is InChI=1S/C14H23NO3/c1-4-9(3)12(16)7-15-13(17)10-5-8(2)6-11(10)14(15)18/h8-12,16H,4-7H2,1-3H3. The minimum Gasteiger partial charge on any atom is -0.391 e. The molecular formula is C14H23NO3. The highest BCUT2D eigenvalue weighted by Crippen LogP contribution is 2.42. The smallest absolute Gasteiger partial charge is 0.233 e. The van der Waals surface area contributed by atoms with E-state index in [1.165, 1.54) is 4.90 Å². The zero-order valence-corrected chi connectivity index (χ0v) is 11.4. The maximum absolute atomic E-state index is 12.2. The summed E-state index contributed by atoms with van der Waals surface area (Å²) >= 11 is 0. The number of aliphatic hydroxyl groups excluding tert-OH is 1. The van der Waals surface area contributed by atoms with E-state index in [2.05, 4.69) is 6.92 Å². The van der Waals surface area contributed by atoms with Gasteiger partial charge in [0.15, 0.2) is 0 Å². The molecule has 102 valence electrons. The molecule has 1 N–H and O–H groups in total. The molecule has 2 aliphatic rings. The Kier molecular flexibility index (Phi) is 3.76. The molecule has 2 rings (SSSR count). The number of nitrogens with zero attached hydrogens (tertiary/aromatic N) is 1. The van der Waals surface area contributed by atoms with E-state index in [1.807, 2.05) is 13.8 Å². The van der Waals surface area contributed by atoms with Crippen LogP contribution >= 0.6 is 0 Å². The van der Waals surface area contributed by atoms with Crippen LogP contribution < -0.4 is 0 Å². The summed E-state index contributed by atoms with van der Waals surface area (Å²) < 4.78 is 0. The number of hydrogen-bond acceptors (Lipinski definition) is 3. The van der Waals surface area contributed by atoms with Crippen LogP contribution in [0.15, 0.2) is 0 Å². The van der Waals surface area contributed by atoms with Crippen molar-refractivity contribution < 1.29 is 14.7 Å². The third-order valence-electron chi connectivity index (χ3n) is 4.64. The number of hydrogen-bond donors (Lipinski definition) is 1. The van der Waals surface area contributed by atoms with Gasteiger partial charge in [0.05, 0.1) is 24.5 Å². The van der Waals surface area contributed by atoms with Crippen LogP contribution in [0.4, 0.5) is 0 Å². The number of amides is 2. The summed E-state index contributed by atoms with van der Waals surface area (Å²) in [5.74, 6) is 0.237. The highest BCUT2D eigenvalue weighted by molar-refractivity contribution is 6.05. The van der Waals surface area contributed by atoms with Gasteiger partial charge in [-0.15, -0.1) is 0 Å². The van der Waals surface area contributed by atoms with Crippen LogP contribution in [0.1, 0.15) is 40.0 Å². The predicted octanol–water partition coefficient (Wildman–Crippen LogP) is 1.42. The second-order valence-corrected chi connectivity index (χ2v) is 6.03. The molecule has 1 heterocycles. The van der Waals surface area contributed by atoms with Crippen LogP contribution in [0.25, 0.3) is 0 Å². The molecule has 2 fully saturated rings. The summed E-state index contributed by atoms with van der Waals surface area (Å²) in [7, 11) is 0. The Hall–Kier alpha value is -0.900. The molecular weight excluding hydrogens is 230 g/mol. The number of carbonyl (C=O) groups excluding carboxylic acids is 2. The molecule has 0 aromatic carbocycles. The molecule has 1 aliphatic heterocycles. The van der Waals surface area contributed by atoms with Crippen LogP contribution in [-0.2, 0) is 9.59 Å². The molecule has 0 aromatic heterocycles. The second kappa shape index (κ2) is 5.00. The molecule has 0 aromatic rings. The molecule has 0 radical (unpaired) electrons. The van der Waals surface area contributed by atoms with Gasteiger partial charge in [0.25, 0.3) is 0 Å². The van der Waals surface area contributed by atoms with E-state index in [-0.39, 0.29) is 36.1 Å². The molecule has 1 saturated carbocycles. The van der Waals surface area contributed by atoms with Gasteiger partial charge in [-0.1, -0.05) is 27.2 Å². The number of rotatable bonds is 4. The van der Waals surface area contributed by atoms with Crippen LogP contribution in [0.3, 0.4) is 0 Å². The number of aliphatic hydroxyl groups is 1. The van der Waals surface area contributed by atoms with Crippen molar-refractivity contribution in [3.63, 3.8) is 0 Å². The van der Waals surface area contributed by atoms with Crippen molar-refractivity contribution >= 4 is 11.8 Å². The van der Waals surface area contributed by atoms with Crippen molar-refractivity contribution in [2.45, 2.75) is 46.1 Å². The van der Waals surface area contributed by atoms with Gasteiger partial charge in [-0.2, -0.15) is 0 Å². The van der Waals surface area contributed by atoms with Gasteiger partial charge >= 0.3 is 0 Å². The van der Waals surface area contributed by atoms with Crippen molar-refractivity contribution in [3.05, 3.63) is 0 Å². The van der Waals surface area contributed by atoms with Crippen molar-refractivity contribution in [1.82, 2.24) is 4.90 Å². The summed E-state index contributed by atoms with van der Waals surface area (Å²) in [5, 5.41) is 9.98. The fourth-order valence-corrected chi connectivity index (χ4v) is 3.17. The maximum atomic E-state index is 12.2. The summed E-state index contributed by atoms with van der Waals surface area (Å²) in [6.45, 7) is 6.21. The van der Waals surface area contributed by atoms with Crippen LogP contribution in [0.5, 0.6) is 0 Å². The molecule has 4 heteroatoms. The number of imide groups is 1. The molecule has 4 nitrogen and oxygen atoms in total. The zero-order chi connectivity index (χ0) is 13.4. The zero-order valence-electron chi connectivity index (χ0n) is 11.4. The average Bonchev–Trinajstić information content (AvgIpc) is 2.82. The number of β-amino-alcohol motifs (C(OH)–C–C–N with tert-alkyl or cyclic N) is 1. The Labute approximate surface area is 108 Å². The molecule has 0 bridgehead atoms. The Balaban J connectivity index is 2.04. The van der Waals surface area contributed by atoms with Crippen LogP contribution in [-0.4, -0.2) is 34.5 Å². The summed E-state index contributed by atoms with van der Waals surface area (Å²) in [6, 6.07) is 0. The van der Waals surface area contributed by atoms with E-state index in [0.717, 1.165) is 19.3 Å². The molecule has 4 unspecified atom stereocenters. The Morgan fingerprint density at radius 2 is 1.78 bits per heavy atom. The average molecular weight is 253 g/mol. The fourth-order valence-electron chi connectivity index (χ4n) is 3.17. The van der Waals surface area contributed by atoms with E-state index in [9.17, 15) is 14.7 Å². The molecule has 4 atom stereocenters. The second-order valence-electron chi connectivity index (χ2n) is 6.03. The first-order chi connectivity index (χ1) is 8.45. The van der Waals surface area contributed by atoms with Crippen LogP contribution in [0.2, 0.25) is 0 Å². The monoisotopic (exact) mass is 253 g/mol. The Morgan fingerprint density at radius 1 is 1.28 bits per heavy atom. The minimum absolute atomic E-state index is 0.0586. The molecule has 1 aliphatic carbocycles. The lowest BCUT2D eigenvalue weighted by molar-refractivity contribution is -0.142. The highest BCUT2D eigenvalue weighted by atomic mass is 16.3. The molecule has 2 amide bonds. The Morgan fingerprint density at radius 3 is 2.22 bits per heavy atom. The van der Waals surface area contributed by atoms with Gasteiger partial charge in [0.1, 0.15) is 0 Å². The summed E-state index contributed by atoms with van der Waals surface area (Å²) in [5.41, 5.74) is 0. The molecule has 1 saturated heterocycles. The van der Waals surface area contributed by atoms with E-state index >= 15 is 0 Å². The van der Waals surface area contributed by atoms with Gasteiger partial charge in [-0.3, -0.25) is 14.5 Å². The van der Waals surface area contributed by atoms with Gasteiger partial charge in [0.2, 0.25) is 11.8 Å². The van der Waals surface area contributed by atoms with E-state index in [0.29, 0.717) is 5.92 Å². The summed E-state index contributed by atoms with van der Waals surface area (Å²) in [6.07, 6.45) is 1.90. The first kappa shape index (κ1) is 13.5. The number of carbonyl (C=O) groups is 2. The van der Waals surface area contributed by atoms with Gasteiger partial charge in [-0.05, 0) is 24.7 Å². The maximum Gasteiger partial charge on any atom is 0.233 e. The number of fused-ring (bicyclic) bond motifs is 1. The van der Waals surface area contributed by atoms with Gasteiger partial charge in [0, 0.05) is 0 Å². The molecule has 0 spiro atoms. The lowest BCUT2D eigenvalue weighted by atomic mass is 10.00. The third kappa shape index (κ3) is 2.18. The Bertz CT molecular complexity index is 331. The highest BCUT2D eigenvalue weighted by Gasteiger charge is 2.51. The van der Waals surface area contributed by atoms with Crippen LogP contribution in [0, 0.1) is 23.7 Å². The number of likely N-dealkylation sites (tertiary alicyclic amines) is 1. The first-order valence-corrected chi connectivity index (χ1v) is 6.99. The third-order valence-corrected chi connectivity index (χ3v) is 4.64. The minimum atomic E-state index is -0.598. The van der Waals surface area contributed by atoms with Gasteiger partial charge < -0.3 is 5.11 Å². The van der Waals surface area contributed by atoms with Crippen molar-refractivity contribution in [3.8, 4) is 0 Å². The topological polar surface area (TPSA) is 57.6 Å². The quantitative estimate of drug-likeness (QED) is 0.771. The fraction of sp³-hybridized carbons (Fsp3) is 0.857. The first-order valence-electron chi connectivity index (χ1n) is 6.99. The SMILES string of the molecule is CCC(C)C(O)CN1C(=O)C2CC(C)CC2C1=O. The lowest BCUT2D eigenvalue weighted by Crippen LogP contribution is -2.40. The summed E-state index contributed by atoms with van der Waals surface area (Å²) in [4.78, 5) is 25.7. The van der Waals surface area contributed by atoms with E-state index in [4.69, 9.17) is 0 Å². The molecule has 18 heavy (non-hydrogen) atoms. The van der Waals surface area contributed by atoms with Crippen molar-refractivity contribution in [2.75, 3.05) is 6.54 Å². The van der Waals surface area contributed by atoms with E-state index < -0.39 is 6.10 Å². The van der Waals surface area contributed by atoms with Gasteiger partial charge in [-0.25, -0.2) is 0 Å². The van der Waals surface area contributed by atoms with Crippen molar-refractivity contribution in [2.24, 2.45) is 23.7 Å². The predicted molar refractivity (Wildman–Crippen MR) is 67.6 cm³/mol. The van der Waals surface area contributed by atoms with Crippen molar-refractivity contribution in [1.29, 1.82) is 0 Å². The lowest BCUT2D eigenvalue weighted by Gasteiger charge is -2.23. The largest absolute Gasteiger partial charge is 0.391 e.